The summed E-state index contributed by atoms with van der Waals surface area (Å²) in [6.45, 7) is 12.7. The van der Waals surface area contributed by atoms with E-state index in [1.54, 1.807) is 0 Å². The Kier molecular flexibility index (Phi) is 6.33. The van der Waals surface area contributed by atoms with Gasteiger partial charge in [-0.1, -0.05) is 13.8 Å². The molecular weight excluding hydrogens is 242 g/mol. The molecule has 0 aliphatic heterocycles. The van der Waals surface area contributed by atoms with Gasteiger partial charge in [0.05, 0.1) is 11.6 Å². The summed E-state index contributed by atoms with van der Waals surface area (Å²) in [4.78, 5) is 1.39. The van der Waals surface area contributed by atoms with E-state index in [1.165, 1.54) is 10.4 Å². The zero-order valence-corrected chi connectivity index (χ0v) is 13.2. The Morgan fingerprint density at radius 2 is 2.11 bits per heavy atom. The second-order valence-corrected chi connectivity index (χ2v) is 6.04. The van der Waals surface area contributed by atoms with E-state index in [-0.39, 0.29) is 11.6 Å². The molecule has 0 aromatic carbocycles. The Labute approximate surface area is 116 Å². The van der Waals surface area contributed by atoms with Gasteiger partial charge >= 0.3 is 0 Å². The number of rotatable bonds is 8. The molecule has 0 amide bonds. The van der Waals surface area contributed by atoms with Gasteiger partial charge in [0.15, 0.2) is 0 Å². The molecule has 0 aliphatic carbocycles. The number of aryl methyl sites for hydroxylation is 1. The third-order valence-electron chi connectivity index (χ3n) is 3.60. The average molecular weight is 269 g/mol. The van der Waals surface area contributed by atoms with Crippen LogP contribution >= 0.6 is 11.3 Å². The lowest BCUT2D eigenvalue weighted by Gasteiger charge is -2.37. The quantitative estimate of drug-likeness (QED) is 0.759. The summed E-state index contributed by atoms with van der Waals surface area (Å²) in [7, 11) is 0. The molecule has 0 fully saturated rings. The van der Waals surface area contributed by atoms with Crippen molar-refractivity contribution in [3.8, 4) is 0 Å². The standard InChI is InChI=1S/C15H27NOS/c1-6-10-16-14(13-9-11-18-12(13)4)15(5,7-2)17-8-3/h9,11,14,16H,6-8,10H2,1-5H3. The molecule has 0 radical (unpaired) electrons. The number of hydrogen-bond acceptors (Lipinski definition) is 3. The first-order chi connectivity index (χ1) is 8.59. The van der Waals surface area contributed by atoms with Crippen molar-refractivity contribution in [2.24, 2.45) is 0 Å². The molecule has 1 rings (SSSR count). The lowest BCUT2D eigenvalue weighted by molar-refractivity contribution is -0.0563. The summed E-state index contributed by atoms with van der Waals surface area (Å²) in [5.74, 6) is 0. The maximum absolute atomic E-state index is 6.06. The summed E-state index contributed by atoms with van der Waals surface area (Å²) in [5, 5.41) is 5.84. The highest BCUT2D eigenvalue weighted by atomic mass is 32.1. The monoisotopic (exact) mass is 269 g/mol. The predicted octanol–water partition coefficient (Wildman–Crippen LogP) is 4.30. The molecule has 0 bridgehead atoms. The van der Waals surface area contributed by atoms with Crippen molar-refractivity contribution >= 4 is 11.3 Å². The summed E-state index contributed by atoms with van der Waals surface area (Å²) in [6.07, 6.45) is 2.16. The van der Waals surface area contributed by atoms with Crippen LogP contribution < -0.4 is 5.32 Å². The molecule has 18 heavy (non-hydrogen) atoms. The number of nitrogens with one attached hydrogen (secondary N) is 1. The molecule has 104 valence electrons. The zero-order chi connectivity index (χ0) is 13.6. The first-order valence-electron chi connectivity index (χ1n) is 7.00. The Balaban J connectivity index is 3.00. The summed E-state index contributed by atoms with van der Waals surface area (Å²) >= 11 is 1.82. The SMILES string of the molecule is CCCNC(c1ccsc1C)C(C)(CC)OCC. The summed E-state index contributed by atoms with van der Waals surface area (Å²) in [5.41, 5.74) is 1.27. The second kappa shape index (κ2) is 7.27. The van der Waals surface area contributed by atoms with Gasteiger partial charge in [-0.25, -0.2) is 0 Å². The molecule has 1 aromatic heterocycles. The van der Waals surface area contributed by atoms with Gasteiger partial charge in [0, 0.05) is 11.5 Å². The lowest BCUT2D eigenvalue weighted by Crippen LogP contribution is -2.44. The zero-order valence-electron chi connectivity index (χ0n) is 12.4. The maximum Gasteiger partial charge on any atom is 0.0845 e. The Bertz CT molecular complexity index is 350. The first-order valence-corrected chi connectivity index (χ1v) is 7.88. The van der Waals surface area contributed by atoms with Crippen LogP contribution in [0.4, 0.5) is 0 Å². The molecule has 1 N–H and O–H groups in total. The van der Waals surface area contributed by atoms with Gasteiger partial charge in [0.1, 0.15) is 0 Å². The van der Waals surface area contributed by atoms with Gasteiger partial charge in [-0.15, -0.1) is 11.3 Å². The van der Waals surface area contributed by atoms with E-state index in [4.69, 9.17) is 4.74 Å². The third-order valence-corrected chi connectivity index (χ3v) is 4.46. The predicted molar refractivity (Wildman–Crippen MR) is 80.4 cm³/mol. The molecule has 0 saturated heterocycles. The smallest absolute Gasteiger partial charge is 0.0845 e. The third kappa shape index (κ3) is 3.56. The average Bonchev–Trinajstić information content (AvgIpc) is 2.76. The van der Waals surface area contributed by atoms with Crippen LogP contribution in [0.3, 0.4) is 0 Å². The fraction of sp³-hybridized carbons (Fsp3) is 0.733. The largest absolute Gasteiger partial charge is 0.374 e. The number of ether oxygens (including phenoxy) is 1. The van der Waals surface area contributed by atoms with E-state index < -0.39 is 0 Å². The molecule has 2 nitrogen and oxygen atoms in total. The molecule has 2 atom stereocenters. The van der Waals surface area contributed by atoms with Crippen LogP contribution in [0.15, 0.2) is 11.4 Å². The summed E-state index contributed by atoms with van der Waals surface area (Å²) < 4.78 is 6.06. The van der Waals surface area contributed by atoms with Crippen LogP contribution in [0.5, 0.6) is 0 Å². The van der Waals surface area contributed by atoms with Crippen molar-refractivity contribution in [3.05, 3.63) is 21.9 Å². The Morgan fingerprint density at radius 3 is 2.56 bits per heavy atom. The van der Waals surface area contributed by atoms with Crippen molar-refractivity contribution in [1.29, 1.82) is 0 Å². The Hall–Kier alpha value is -0.380. The molecule has 0 saturated carbocycles. The van der Waals surface area contributed by atoms with E-state index in [1.807, 2.05) is 11.3 Å². The van der Waals surface area contributed by atoms with E-state index in [2.05, 4.69) is 51.4 Å². The van der Waals surface area contributed by atoms with Gasteiger partial charge in [0.2, 0.25) is 0 Å². The van der Waals surface area contributed by atoms with E-state index in [9.17, 15) is 0 Å². The summed E-state index contributed by atoms with van der Waals surface area (Å²) in [6, 6.07) is 2.52. The molecule has 0 spiro atoms. The van der Waals surface area contributed by atoms with Crippen molar-refractivity contribution in [2.45, 2.75) is 59.1 Å². The normalized spacial score (nSPS) is 16.5. The van der Waals surface area contributed by atoms with E-state index in [0.717, 1.165) is 26.0 Å². The minimum Gasteiger partial charge on any atom is -0.374 e. The van der Waals surface area contributed by atoms with Crippen molar-refractivity contribution in [2.75, 3.05) is 13.2 Å². The van der Waals surface area contributed by atoms with Gasteiger partial charge in [-0.3, -0.25) is 0 Å². The van der Waals surface area contributed by atoms with Crippen LogP contribution in [0, 0.1) is 6.92 Å². The topological polar surface area (TPSA) is 21.3 Å². The highest BCUT2D eigenvalue weighted by molar-refractivity contribution is 7.10. The van der Waals surface area contributed by atoms with Crippen molar-refractivity contribution < 1.29 is 4.74 Å². The van der Waals surface area contributed by atoms with Crippen LogP contribution in [-0.2, 0) is 4.74 Å². The Morgan fingerprint density at radius 1 is 1.39 bits per heavy atom. The molecular formula is C15H27NOS. The van der Waals surface area contributed by atoms with Gasteiger partial charge < -0.3 is 10.1 Å². The van der Waals surface area contributed by atoms with E-state index in [0.29, 0.717) is 0 Å². The highest BCUT2D eigenvalue weighted by Gasteiger charge is 2.35. The fourth-order valence-electron chi connectivity index (χ4n) is 2.36. The molecule has 0 aliphatic rings. The number of hydrogen-bond donors (Lipinski definition) is 1. The van der Waals surface area contributed by atoms with Crippen LogP contribution in [0.1, 0.15) is 57.0 Å². The lowest BCUT2D eigenvalue weighted by atomic mass is 9.87. The number of thiophene rings is 1. The van der Waals surface area contributed by atoms with Gasteiger partial charge in [-0.2, -0.15) is 0 Å². The molecule has 2 unspecified atom stereocenters. The van der Waals surface area contributed by atoms with Gasteiger partial charge in [0.25, 0.3) is 0 Å². The van der Waals surface area contributed by atoms with E-state index >= 15 is 0 Å². The first kappa shape index (κ1) is 15.7. The molecule has 1 heterocycles. The molecule has 1 aromatic rings. The minimum atomic E-state index is -0.129. The van der Waals surface area contributed by atoms with Crippen LogP contribution in [0.2, 0.25) is 0 Å². The van der Waals surface area contributed by atoms with Crippen molar-refractivity contribution in [1.82, 2.24) is 5.32 Å². The second-order valence-electron chi connectivity index (χ2n) is 4.92. The minimum absolute atomic E-state index is 0.129. The molecule has 3 heteroatoms. The highest BCUT2D eigenvalue weighted by Crippen LogP contribution is 2.35. The van der Waals surface area contributed by atoms with Crippen LogP contribution in [-0.4, -0.2) is 18.8 Å². The van der Waals surface area contributed by atoms with Gasteiger partial charge in [-0.05, 0) is 57.2 Å². The van der Waals surface area contributed by atoms with Crippen molar-refractivity contribution in [3.63, 3.8) is 0 Å². The fourth-order valence-corrected chi connectivity index (χ4v) is 3.10. The maximum atomic E-state index is 6.06. The van der Waals surface area contributed by atoms with Crippen LogP contribution in [0.25, 0.3) is 0 Å².